The molecule has 2 amide bonds. The standard InChI is InChI=1S/C18H23N5O3S/c1-20-17(24)21-13-7-5-12(6-8-13)16-22-14(11-15(19)23-16)18(27(2,25)26)9-3-4-10-18/h5-8,11H,3-4,9-10H2,1-2H3,(H2,19,22,23)(H2,20,21,24). The summed E-state index contributed by atoms with van der Waals surface area (Å²) in [6.45, 7) is 0. The zero-order valence-electron chi connectivity index (χ0n) is 15.3. The molecule has 3 rings (SSSR count). The Labute approximate surface area is 158 Å². The Bertz CT molecular complexity index is 951. The van der Waals surface area contributed by atoms with Crippen LogP contribution in [0.1, 0.15) is 31.4 Å². The van der Waals surface area contributed by atoms with Crippen LogP contribution in [-0.4, -0.2) is 37.7 Å². The molecule has 144 valence electrons. The number of aromatic nitrogens is 2. The SMILES string of the molecule is CNC(=O)Nc1ccc(-c2nc(N)cc(C3(S(C)(=O)=O)CCCC3)n2)cc1. The van der Waals surface area contributed by atoms with Crippen LogP contribution in [0.4, 0.5) is 16.3 Å². The van der Waals surface area contributed by atoms with Gasteiger partial charge in [0.1, 0.15) is 10.6 Å². The number of amides is 2. The molecule has 1 aromatic carbocycles. The van der Waals surface area contributed by atoms with Gasteiger partial charge in [-0.05, 0) is 37.1 Å². The Morgan fingerprint density at radius 1 is 1.15 bits per heavy atom. The molecule has 4 N–H and O–H groups in total. The van der Waals surface area contributed by atoms with Crippen molar-refractivity contribution in [3.63, 3.8) is 0 Å². The molecule has 1 aliphatic carbocycles. The van der Waals surface area contributed by atoms with Crippen molar-refractivity contribution < 1.29 is 13.2 Å². The van der Waals surface area contributed by atoms with E-state index in [0.717, 1.165) is 12.8 Å². The van der Waals surface area contributed by atoms with Crippen LogP contribution in [0.15, 0.2) is 30.3 Å². The quantitative estimate of drug-likeness (QED) is 0.736. The number of benzene rings is 1. The number of rotatable bonds is 4. The summed E-state index contributed by atoms with van der Waals surface area (Å²) in [5.74, 6) is 0.601. The van der Waals surface area contributed by atoms with E-state index < -0.39 is 14.6 Å². The summed E-state index contributed by atoms with van der Waals surface area (Å²) in [7, 11) is -1.82. The summed E-state index contributed by atoms with van der Waals surface area (Å²) in [5, 5.41) is 5.14. The van der Waals surface area contributed by atoms with Gasteiger partial charge in [0.15, 0.2) is 15.7 Å². The van der Waals surface area contributed by atoms with Gasteiger partial charge in [0, 0.05) is 30.6 Å². The van der Waals surface area contributed by atoms with Crippen molar-refractivity contribution in [3.05, 3.63) is 36.0 Å². The predicted octanol–water partition coefficient (Wildman–Crippen LogP) is 2.29. The molecule has 1 heterocycles. The van der Waals surface area contributed by atoms with Crippen LogP contribution in [0.25, 0.3) is 11.4 Å². The van der Waals surface area contributed by atoms with Crippen molar-refractivity contribution in [2.24, 2.45) is 0 Å². The molecule has 0 radical (unpaired) electrons. The Kier molecular flexibility index (Phi) is 5.05. The smallest absolute Gasteiger partial charge is 0.318 e. The zero-order chi connectivity index (χ0) is 19.7. The summed E-state index contributed by atoms with van der Waals surface area (Å²) in [4.78, 5) is 20.2. The first kappa shape index (κ1) is 19.1. The fourth-order valence-corrected chi connectivity index (χ4v) is 5.00. The molecule has 8 nitrogen and oxygen atoms in total. The Morgan fingerprint density at radius 3 is 2.33 bits per heavy atom. The Morgan fingerprint density at radius 2 is 1.78 bits per heavy atom. The fourth-order valence-electron chi connectivity index (χ4n) is 3.49. The van der Waals surface area contributed by atoms with Crippen LogP contribution in [-0.2, 0) is 14.6 Å². The number of nitrogen functional groups attached to an aromatic ring is 1. The number of hydrogen-bond donors (Lipinski definition) is 3. The summed E-state index contributed by atoms with van der Waals surface area (Å²) in [6.07, 6.45) is 4.02. The number of hydrogen-bond acceptors (Lipinski definition) is 6. The molecular formula is C18H23N5O3S. The van der Waals surface area contributed by atoms with Crippen molar-refractivity contribution >= 4 is 27.4 Å². The van der Waals surface area contributed by atoms with Gasteiger partial charge in [-0.1, -0.05) is 12.8 Å². The Balaban J connectivity index is 2.00. The van der Waals surface area contributed by atoms with E-state index in [-0.39, 0.29) is 11.8 Å². The number of sulfone groups is 1. The minimum Gasteiger partial charge on any atom is -0.384 e. The van der Waals surface area contributed by atoms with Crippen LogP contribution in [0.3, 0.4) is 0 Å². The molecule has 0 aliphatic heterocycles. The first-order valence-corrected chi connectivity index (χ1v) is 10.6. The first-order chi connectivity index (χ1) is 12.7. The predicted molar refractivity (Wildman–Crippen MR) is 105 cm³/mol. The third kappa shape index (κ3) is 3.73. The van der Waals surface area contributed by atoms with E-state index in [9.17, 15) is 13.2 Å². The summed E-state index contributed by atoms with van der Waals surface area (Å²) >= 11 is 0. The first-order valence-electron chi connectivity index (χ1n) is 8.69. The summed E-state index contributed by atoms with van der Waals surface area (Å²) in [6, 6.07) is 8.20. The lowest BCUT2D eigenvalue weighted by Gasteiger charge is -2.26. The normalized spacial score (nSPS) is 16.1. The van der Waals surface area contributed by atoms with Gasteiger partial charge in [-0.2, -0.15) is 0 Å². The van der Waals surface area contributed by atoms with Gasteiger partial charge in [-0.25, -0.2) is 23.2 Å². The van der Waals surface area contributed by atoms with Gasteiger partial charge >= 0.3 is 6.03 Å². The number of carbonyl (C=O) groups is 1. The maximum absolute atomic E-state index is 12.5. The van der Waals surface area contributed by atoms with Gasteiger partial charge in [-0.15, -0.1) is 0 Å². The van der Waals surface area contributed by atoms with E-state index in [1.165, 1.54) is 13.3 Å². The van der Waals surface area contributed by atoms with E-state index in [1.54, 1.807) is 30.3 Å². The molecule has 27 heavy (non-hydrogen) atoms. The van der Waals surface area contributed by atoms with Gasteiger partial charge in [0.2, 0.25) is 0 Å². The van der Waals surface area contributed by atoms with Crippen LogP contribution >= 0.6 is 0 Å². The second kappa shape index (κ2) is 7.15. The lowest BCUT2D eigenvalue weighted by molar-refractivity contribution is 0.254. The zero-order valence-corrected chi connectivity index (χ0v) is 16.1. The number of carbonyl (C=O) groups excluding carboxylic acids is 1. The number of urea groups is 1. The van der Waals surface area contributed by atoms with Crippen molar-refractivity contribution in [2.75, 3.05) is 24.4 Å². The minimum atomic E-state index is -3.36. The summed E-state index contributed by atoms with van der Waals surface area (Å²) < 4.78 is 24.1. The third-order valence-corrected chi connectivity index (χ3v) is 7.00. The molecule has 9 heteroatoms. The van der Waals surface area contributed by atoms with Crippen LogP contribution < -0.4 is 16.4 Å². The van der Waals surface area contributed by atoms with Crippen LogP contribution in [0.5, 0.6) is 0 Å². The van der Waals surface area contributed by atoms with E-state index in [0.29, 0.717) is 35.6 Å². The van der Waals surface area contributed by atoms with Gasteiger partial charge in [0.25, 0.3) is 0 Å². The molecule has 2 aromatic rings. The van der Waals surface area contributed by atoms with Gasteiger partial charge in [0.05, 0.1) is 5.69 Å². The average molecular weight is 389 g/mol. The van der Waals surface area contributed by atoms with Crippen molar-refractivity contribution in [1.82, 2.24) is 15.3 Å². The van der Waals surface area contributed by atoms with E-state index >= 15 is 0 Å². The maximum Gasteiger partial charge on any atom is 0.318 e. The van der Waals surface area contributed by atoms with Crippen molar-refractivity contribution in [2.45, 2.75) is 30.4 Å². The van der Waals surface area contributed by atoms with Gasteiger partial charge in [-0.3, -0.25) is 0 Å². The highest BCUT2D eigenvalue weighted by Crippen LogP contribution is 2.45. The molecule has 0 bridgehead atoms. The molecule has 1 fully saturated rings. The molecular weight excluding hydrogens is 366 g/mol. The minimum absolute atomic E-state index is 0.234. The highest BCUT2D eigenvalue weighted by Gasteiger charge is 2.46. The largest absolute Gasteiger partial charge is 0.384 e. The number of nitrogens with one attached hydrogen (secondary N) is 2. The topological polar surface area (TPSA) is 127 Å². The third-order valence-electron chi connectivity index (χ3n) is 4.96. The molecule has 0 atom stereocenters. The second-order valence-corrected chi connectivity index (χ2v) is 9.08. The van der Waals surface area contributed by atoms with E-state index in [2.05, 4.69) is 20.6 Å². The Hall–Kier alpha value is -2.68. The van der Waals surface area contributed by atoms with Crippen LogP contribution in [0.2, 0.25) is 0 Å². The maximum atomic E-state index is 12.5. The molecule has 0 unspecified atom stereocenters. The van der Waals surface area contributed by atoms with E-state index in [1.807, 2.05) is 0 Å². The number of nitrogens with zero attached hydrogens (tertiary/aromatic N) is 2. The summed E-state index contributed by atoms with van der Waals surface area (Å²) in [5.41, 5.74) is 7.73. The van der Waals surface area contributed by atoms with Crippen molar-refractivity contribution in [3.8, 4) is 11.4 Å². The van der Waals surface area contributed by atoms with Gasteiger partial charge < -0.3 is 16.4 Å². The monoisotopic (exact) mass is 389 g/mol. The molecule has 0 spiro atoms. The molecule has 0 saturated heterocycles. The number of nitrogens with two attached hydrogens (primary N) is 1. The average Bonchev–Trinajstić information content (AvgIpc) is 3.13. The lowest BCUT2D eigenvalue weighted by atomic mass is 10.0. The lowest BCUT2D eigenvalue weighted by Crippen LogP contribution is -2.33. The molecule has 1 aromatic heterocycles. The second-order valence-electron chi connectivity index (χ2n) is 6.76. The molecule has 1 aliphatic rings. The van der Waals surface area contributed by atoms with Crippen molar-refractivity contribution in [1.29, 1.82) is 0 Å². The highest BCUT2D eigenvalue weighted by atomic mass is 32.2. The fraction of sp³-hybridized carbons (Fsp3) is 0.389. The number of anilines is 2. The molecule has 1 saturated carbocycles. The highest BCUT2D eigenvalue weighted by molar-refractivity contribution is 7.91. The van der Waals surface area contributed by atoms with Crippen LogP contribution in [0, 0.1) is 0 Å². The van der Waals surface area contributed by atoms with E-state index in [4.69, 9.17) is 5.73 Å².